The van der Waals surface area contributed by atoms with Gasteiger partial charge >= 0.3 is 0 Å². The number of hydrogen-bond donors (Lipinski definition) is 1. The smallest absolute Gasteiger partial charge is 0.147 e. The maximum atomic E-state index is 10.8. The van der Waals surface area contributed by atoms with Crippen molar-refractivity contribution in [3.8, 4) is 0 Å². The molecule has 0 aliphatic rings. The molecule has 13 heavy (non-hydrogen) atoms. The molecular formula is C8H19NO3S. The molecule has 80 valence electrons. The molecule has 4 nitrogen and oxygen atoms in total. The zero-order chi connectivity index (χ0) is 10.3. The fraction of sp³-hybridized carbons (Fsp3) is 1.00. The van der Waals surface area contributed by atoms with Crippen molar-refractivity contribution in [1.29, 1.82) is 0 Å². The molecule has 0 aromatic heterocycles. The molecule has 0 saturated carbocycles. The van der Waals surface area contributed by atoms with Gasteiger partial charge in [0.15, 0.2) is 0 Å². The van der Waals surface area contributed by atoms with Crippen molar-refractivity contribution in [3.05, 3.63) is 0 Å². The lowest BCUT2D eigenvalue weighted by atomic mass is 10.2. The van der Waals surface area contributed by atoms with Crippen LogP contribution in [0.3, 0.4) is 0 Å². The summed E-state index contributed by atoms with van der Waals surface area (Å²) >= 11 is 0. The Kier molecular flexibility index (Phi) is 6.28. The van der Waals surface area contributed by atoms with E-state index < -0.39 is 9.84 Å². The van der Waals surface area contributed by atoms with Gasteiger partial charge in [-0.25, -0.2) is 8.42 Å². The van der Waals surface area contributed by atoms with E-state index in [1.807, 2.05) is 6.92 Å². The van der Waals surface area contributed by atoms with Gasteiger partial charge in [0.1, 0.15) is 9.84 Å². The van der Waals surface area contributed by atoms with Crippen molar-refractivity contribution in [2.24, 2.45) is 5.73 Å². The highest BCUT2D eigenvalue weighted by atomic mass is 32.2. The molecule has 0 aromatic carbocycles. The third kappa shape index (κ3) is 9.79. The molecule has 0 spiro atoms. The van der Waals surface area contributed by atoms with Gasteiger partial charge in [-0.1, -0.05) is 0 Å². The largest absolute Gasteiger partial charge is 0.380 e. The van der Waals surface area contributed by atoms with Gasteiger partial charge in [0.25, 0.3) is 0 Å². The average Bonchev–Trinajstić information content (AvgIpc) is 1.98. The minimum absolute atomic E-state index is 0.0401. The standard InChI is InChI=1S/C8H19NO3S/c1-3-12-7-8(9)5-4-6-13(2,10)11/h8H,3-7,9H2,1-2H3. The Balaban J connectivity index is 3.42. The first-order valence-corrected chi connectivity index (χ1v) is 6.53. The summed E-state index contributed by atoms with van der Waals surface area (Å²) < 4.78 is 26.6. The number of sulfone groups is 1. The molecule has 1 unspecified atom stereocenters. The van der Waals surface area contributed by atoms with E-state index in [0.29, 0.717) is 26.1 Å². The molecule has 0 saturated heterocycles. The molecule has 0 radical (unpaired) electrons. The van der Waals surface area contributed by atoms with E-state index in [2.05, 4.69) is 0 Å². The molecule has 0 aliphatic carbocycles. The van der Waals surface area contributed by atoms with E-state index in [0.717, 1.165) is 0 Å². The van der Waals surface area contributed by atoms with Gasteiger partial charge in [0.2, 0.25) is 0 Å². The van der Waals surface area contributed by atoms with Crippen molar-refractivity contribution in [3.63, 3.8) is 0 Å². The highest BCUT2D eigenvalue weighted by molar-refractivity contribution is 7.90. The van der Waals surface area contributed by atoms with Crippen LogP contribution < -0.4 is 5.73 Å². The van der Waals surface area contributed by atoms with Crippen LogP contribution >= 0.6 is 0 Å². The topological polar surface area (TPSA) is 69.4 Å². The second kappa shape index (κ2) is 6.34. The Labute approximate surface area is 80.4 Å². The summed E-state index contributed by atoms with van der Waals surface area (Å²) in [6, 6.07) is -0.0401. The Bertz CT molecular complexity index is 213. The molecule has 0 fully saturated rings. The third-order valence-corrected chi connectivity index (χ3v) is 2.66. The van der Waals surface area contributed by atoms with Crippen LogP contribution in [0.25, 0.3) is 0 Å². The lowest BCUT2D eigenvalue weighted by molar-refractivity contribution is 0.131. The number of nitrogens with two attached hydrogens (primary N) is 1. The summed E-state index contributed by atoms with van der Waals surface area (Å²) in [4.78, 5) is 0. The van der Waals surface area contributed by atoms with Gasteiger partial charge in [-0.2, -0.15) is 0 Å². The maximum absolute atomic E-state index is 10.8. The quantitative estimate of drug-likeness (QED) is 0.649. The van der Waals surface area contributed by atoms with Crippen LogP contribution in [-0.2, 0) is 14.6 Å². The zero-order valence-electron chi connectivity index (χ0n) is 8.32. The van der Waals surface area contributed by atoms with E-state index in [-0.39, 0.29) is 11.8 Å². The lowest BCUT2D eigenvalue weighted by Gasteiger charge is -2.10. The minimum Gasteiger partial charge on any atom is -0.380 e. The Hall–Kier alpha value is -0.130. The molecule has 0 rings (SSSR count). The first kappa shape index (κ1) is 12.9. The summed E-state index contributed by atoms with van der Waals surface area (Å²) in [6.07, 6.45) is 2.56. The number of ether oxygens (including phenoxy) is 1. The molecule has 2 N–H and O–H groups in total. The SMILES string of the molecule is CCOCC(N)CCCS(C)(=O)=O. The summed E-state index contributed by atoms with van der Waals surface area (Å²) in [6.45, 7) is 3.07. The summed E-state index contributed by atoms with van der Waals surface area (Å²) in [7, 11) is -2.84. The van der Waals surface area contributed by atoms with Crippen LogP contribution in [0, 0.1) is 0 Å². The first-order chi connectivity index (χ1) is 5.95. The maximum Gasteiger partial charge on any atom is 0.147 e. The van der Waals surface area contributed by atoms with Crippen LogP contribution in [0.15, 0.2) is 0 Å². The Morgan fingerprint density at radius 3 is 2.54 bits per heavy atom. The molecule has 0 bridgehead atoms. The van der Waals surface area contributed by atoms with E-state index in [1.54, 1.807) is 0 Å². The van der Waals surface area contributed by atoms with Crippen LogP contribution in [0.4, 0.5) is 0 Å². The van der Waals surface area contributed by atoms with Gasteiger partial charge in [-0.15, -0.1) is 0 Å². The van der Waals surface area contributed by atoms with E-state index >= 15 is 0 Å². The fourth-order valence-corrected chi connectivity index (χ4v) is 1.65. The van der Waals surface area contributed by atoms with Gasteiger partial charge in [0.05, 0.1) is 6.61 Å². The van der Waals surface area contributed by atoms with Gasteiger partial charge in [-0.3, -0.25) is 0 Å². The third-order valence-electron chi connectivity index (χ3n) is 1.63. The molecule has 0 amide bonds. The van der Waals surface area contributed by atoms with Crippen LogP contribution in [0.2, 0.25) is 0 Å². The van der Waals surface area contributed by atoms with Crippen LogP contribution in [-0.4, -0.2) is 39.7 Å². The van der Waals surface area contributed by atoms with Crippen molar-refractivity contribution < 1.29 is 13.2 Å². The Morgan fingerprint density at radius 1 is 1.46 bits per heavy atom. The average molecular weight is 209 g/mol. The van der Waals surface area contributed by atoms with Gasteiger partial charge in [-0.05, 0) is 19.8 Å². The second-order valence-corrected chi connectivity index (χ2v) is 5.45. The summed E-state index contributed by atoms with van der Waals surface area (Å²) in [5.41, 5.74) is 5.67. The van der Waals surface area contributed by atoms with E-state index in [9.17, 15) is 8.42 Å². The summed E-state index contributed by atoms with van der Waals surface area (Å²) in [5, 5.41) is 0. The van der Waals surface area contributed by atoms with Gasteiger partial charge in [0, 0.05) is 24.7 Å². The lowest BCUT2D eigenvalue weighted by Crippen LogP contribution is -2.26. The van der Waals surface area contributed by atoms with Crippen LogP contribution in [0.5, 0.6) is 0 Å². The molecule has 0 aromatic rings. The predicted octanol–water partition coefficient (Wildman–Crippen LogP) is 0.175. The van der Waals surface area contributed by atoms with Crippen LogP contribution in [0.1, 0.15) is 19.8 Å². The zero-order valence-corrected chi connectivity index (χ0v) is 9.14. The van der Waals surface area contributed by atoms with Crippen molar-refractivity contribution in [1.82, 2.24) is 0 Å². The number of hydrogen-bond acceptors (Lipinski definition) is 4. The molecular weight excluding hydrogens is 190 g/mol. The monoisotopic (exact) mass is 209 g/mol. The van der Waals surface area contributed by atoms with E-state index in [4.69, 9.17) is 10.5 Å². The predicted molar refractivity (Wildman–Crippen MR) is 53.4 cm³/mol. The van der Waals surface area contributed by atoms with Crippen molar-refractivity contribution in [2.45, 2.75) is 25.8 Å². The van der Waals surface area contributed by atoms with Gasteiger partial charge < -0.3 is 10.5 Å². The molecule has 1 atom stereocenters. The highest BCUT2D eigenvalue weighted by Crippen LogP contribution is 1.98. The number of rotatable bonds is 7. The normalized spacial score (nSPS) is 14.4. The first-order valence-electron chi connectivity index (χ1n) is 4.46. The fourth-order valence-electron chi connectivity index (χ4n) is 0.960. The van der Waals surface area contributed by atoms with Crippen molar-refractivity contribution >= 4 is 9.84 Å². The molecule has 0 aliphatic heterocycles. The van der Waals surface area contributed by atoms with Crippen molar-refractivity contribution in [2.75, 3.05) is 25.2 Å². The molecule has 5 heteroatoms. The minimum atomic E-state index is -2.84. The van der Waals surface area contributed by atoms with E-state index in [1.165, 1.54) is 6.26 Å². The summed E-state index contributed by atoms with van der Waals surface area (Å²) in [5.74, 6) is 0.215. The highest BCUT2D eigenvalue weighted by Gasteiger charge is 2.05. The second-order valence-electron chi connectivity index (χ2n) is 3.19. The molecule has 0 heterocycles. The Morgan fingerprint density at radius 2 is 2.08 bits per heavy atom.